The number of para-hydroxylation sites is 1. The molecule has 0 fully saturated rings. The van der Waals surface area contributed by atoms with E-state index in [1.54, 1.807) is 26.0 Å². The number of amides is 2. The normalized spacial score (nSPS) is 11.8. The lowest BCUT2D eigenvalue weighted by atomic mass is 10.1. The van der Waals surface area contributed by atoms with Gasteiger partial charge in [-0.2, -0.15) is 0 Å². The number of carbonyl (C=O) groups is 2. The lowest BCUT2D eigenvalue weighted by molar-refractivity contribution is -0.126. The van der Waals surface area contributed by atoms with Gasteiger partial charge in [0.1, 0.15) is 5.75 Å². The molecule has 2 rings (SSSR count). The van der Waals surface area contributed by atoms with Crippen LogP contribution in [0.4, 0.5) is 5.69 Å². The highest BCUT2D eigenvalue weighted by atomic mass is 16.5. The van der Waals surface area contributed by atoms with Gasteiger partial charge in [-0.15, -0.1) is 0 Å². The third kappa shape index (κ3) is 6.09. The van der Waals surface area contributed by atoms with Crippen molar-refractivity contribution in [2.24, 2.45) is 0 Å². The summed E-state index contributed by atoms with van der Waals surface area (Å²) in [5, 5.41) is 5.84. The maximum absolute atomic E-state index is 12.4. The molecule has 2 aromatic rings. The standard InChI is InChI=1S/C22H29N3O3/c1-5-18-8-6-7-9-20(18)24-21(26)15-25(3)16(2)22(27)23-14-17-10-12-19(28-4)13-11-17/h6-13,16H,5,14-15H2,1-4H3,(H,23,27)(H,24,26)/t16-/m1/s1. The van der Waals surface area contributed by atoms with Gasteiger partial charge in [-0.05, 0) is 49.7 Å². The molecule has 2 aromatic carbocycles. The van der Waals surface area contributed by atoms with Gasteiger partial charge < -0.3 is 15.4 Å². The molecular weight excluding hydrogens is 354 g/mol. The van der Waals surface area contributed by atoms with Crippen LogP contribution >= 0.6 is 0 Å². The first-order chi connectivity index (χ1) is 13.4. The second kappa shape index (κ2) is 10.5. The van der Waals surface area contributed by atoms with E-state index in [9.17, 15) is 9.59 Å². The van der Waals surface area contributed by atoms with E-state index < -0.39 is 6.04 Å². The summed E-state index contributed by atoms with van der Waals surface area (Å²) in [6.07, 6.45) is 0.844. The smallest absolute Gasteiger partial charge is 0.238 e. The van der Waals surface area contributed by atoms with Crippen LogP contribution < -0.4 is 15.4 Å². The molecule has 1 atom stereocenters. The third-order valence-electron chi connectivity index (χ3n) is 4.73. The Kier molecular flexibility index (Phi) is 8.02. The number of hydrogen-bond donors (Lipinski definition) is 2. The van der Waals surface area contributed by atoms with Crippen molar-refractivity contribution >= 4 is 17.5 Å². The Balaban J connectivity index is 1.83. The SMILES string of the molecule is CCc1ccccc1NC(=O)CN(C)[C@H](C)C(=O)NCc1ccc(OC)cc1. The van der Waals surface area contributed by atoms with Crippen LogP contribution in [0.15, 0.2) is 48.5 Å². The van der Waals surface area contributed by atoms with Crippen LogP contribution in [-0.2, 0) is 22.6 Å². The van der Waals surface area contributed by atoms with Crippen LogP contribution in [0.3, 0.4) is 0 Å². The Morgan fingerprint density at radius 2 is 1.79 bits per heavy atom. The quantitative estimate of drug-likeness (QED) is 0.699. The lowest BCUT2D eigenvalue weighted by Gasteiger charge is -2.23. The molecule has 6 nitrogen and oxygen atoms in total. The average Bonchev–Trinajstić information content (AvgIpc) is 2.72. The Hall–Kier alpha value is -2.86. The minimum atomic E-state index is -0.426. The van der Waals surface area contributed by atoms with Crippen LogP contribution in [0, 0.1) is 0 Å². The molecule has 6 heteroatoms. The number of likely N-dealkylation sites (N-methyl/N-ethyl adjacent to an activating group) is 1. The van der Waals surface area contributed by atoms with E-state index >= 15 is 0 Å². The molecule has 28 heavy (non-hydrogen) atoms. The van der Waals surface area contributed by atoms with Gasteiger partial charge in [0.05, 0.1) is 19.7 Å². The van der Waals surface area contributed by atoms with Gasteiger partial charge in [0.2, 0.25) is 11.8 Å². The molecule has 0 bridgehead atoms. The van der Waals surface area contributed by atoms with E-state index in [1.165, 1.54) is 0 Å². The molecule has 0 saturated carbocycles. The van der Waals surface area contributed by atoms with Crippen molar-refractivity contribution in [3.05, 3.63) is 59.7 Å². The minimum absolute atomic E-state index is 0.125. The highest BCUT2D eigenvalue weighted by Gasteiger charge is 2.20. The van der Waals surface area contributed by atoms with E-state index in [4.69, 9.17) is 4.74 Å². The number of rotatable bonds is 9. The number of methoxy groups -OCH3 is 1. The zero-order valence-corrected chi connectivity index (χ0v) is 17.0. The summed E-state index contributed by atoms with van der Waals surface area (Å²) >= 11 is 0. The van der Waals surface area contributed by atoms with Crippen LogP contribution in [0.2, 0.25) is 0 Å². The van der Waals surface area contributed by atoms with E-state index in [0.717, 1.165) is 29.0 Å². The maximum Gasteiger partial charge on any atom is 0.238 e. The molecule has 0 aliphatic carbocycles. The zero-order valence-electron chi connectivity index (χ0n) is 17.0. The molecule has 2 N–H and O–H groups in total. The van der Waals surface area contributed by atoms with Gasteiger partial charge in [-0.3, -0.25) is 14.5 Å². The van der Waals surface area contributed by atoms with E-state index in [-0.39, 0.29) is 18.4 Å². The number of nitrogens with zero attached hydrogens (tertiary/aromatic N) is 1. The van der Waals surface area contributed by atoms with Crippen molar-refractivity contribution in [1.82, 2.24) is 10.2 Å². The topological polar surface area (TPSA) is 70.7 Å². The van der Waals surface area contributed by atoms with Crippen molar-refractivity contribution in [3.8, 4) is 5.75 Å². The van der Waals surface area contributed by atoms with E-state index in [1.807, 2.05) is 55.5 Å². The molecule has 0 radical (unpaired) electrons. The highest BCUT2D eigenvalue weighted by molar-refractivity contribution is 5.93. The maximum atomic E-state index is 12.4. The minimum Gasteiger partial charge on any atom is -0.497 e. The van der Waals surface area contributed by atoms with Gasteiger partial charge in [-0.25, -0.2) is 0 Å². The average molecular weight is 383 g/mol. The predicted molar refractivity (Wildman–Crippen MR) is 111 cm³/mol. The Morgan fingerprint density at radius 1 is 1.11 bits per heavy atom. The number of benzene rings is 2. The Bertz CT molecular complexity index is 790. The van der Waals surface area contributed by atoms with Crippen molar-refractivity contribution < 1.29 is 14.3 Å². The summed E-state index contributed by atoms with van der Waals surface area (Å²) < 4.78 is 5.13. The first kappa shape index (κ1) is 21.4. The second-order valence-corrected chi connectivity index (χ2v) is 6.72. The third-order valence-corrected chi connectivity index (χ3v) is 4.73. The van der Waals surface area contributed by atoms with Gasteiger partial charge in [0, 0.05) is 12.2 Å². The molecule has 0 aliphatic heterocycles. The monoisotopic (exact) mass is 383 g/mol. The van der Waals surface area contributed by atoms with Crippen molar-refractivity contribution in [2.45, 2.75) is 32.9 Å². The largest absolute Gasteiger partial charge is 0.497 e. The summed E-state index contributed by atoms with van der Waals surface area (Å²) in [7, 11) is 3.38. The van der Waals surface area contributed by atoms with Crippen LogP contribution in [0.1, 0.15) is 25.0 Å². The highest BCUT2D eigenvalue weighted by Crippen LogP contribution is 2.15. The number of anilines is 1. The molecule has 0 spiro atoms. The van der Waals surface area contributed by atoms with Crippen molar-refractivity contribution in [1.29, 1.82) is 0 Å². The Morgan fingerprint density at radius 3 is 2.43 bits per heavy atom. The molecule has 0 saturated heterocycles. The number of aryl methyl sites for hydroxylation is 1. The molecule has 0 aromatic heterocycles. The van der Waals surface area contributed by atoms with Gasteiger partial charge >= 0.3 is 0 Å². The number of carbonyl (C=O) groups excluding carboxylic acids is 2. The first-order valence-electron chi connectivity index (χ1n) is 9.43. The molecular formula is C22H29N3O3. The summed E-state index contributed by atoms with van der Waals surface area (Å²) in [4.78, 5) is 26.5. The molecule has 0 aliphatic rings. The summed E-state index contributed by atoms with van der Waals surface area (Å²) in [6.45, 7) is 4.40. The van der Waals surface area contributed by atoms with Crippen molar-refractivity contribution in [2.75, 3.05) is 26.0 Å². The summed E-state index contributed by atoms with van der Waals surface area (Å²) in [6, 6.07) is 14.8. The summed E-state index contributed by atoms with van der Waals surface area (Å²) in [5.74, 6) is 0.511. The van der Waals surface area contributed by atoms with Crippen LogP contribution in [0.5, 0.6) is 5.75 Å². The molecule has 2 amide bonds. The predicted octanol–water partition coefficient (Wildman–Crippen LogP) is 2.83. The molecule has 0 unspecified atom stereocenters. The number of nitrogens with one attached hydrogen (secondary N) is 2. The van der Waals surface area contributed by atoms with Gasteiger partial charge in [0.15, 0.2) is 0 Å². The van der Waals surface area contributed by atoms with Crippen molar-refractivity contribution in [3.63, 3.8) is 0 Å². The van der Waals surface area contributed by atoms with Gasteiger partial charge in [-0.1, -0.05) is 37.3 Å². The molecule has 150 valence electrons. The fraction of sp³-hybridized carbons (Fsp3) is 0.364. The van der Waals surface area contributed by atoms with Crippen LogP contribution in [-0.4, -0.2) is 43.5 Å². The number of hydrogen-bond acceptors (Lipinski definition) is 4. The Labute approximate surface area is 166 Å². The first-order valence-corrected chi connectivity index (χ1v) is 9.43. The summed E-state index contributed by atoms with van der Waals surface area (Å²) in [5.41, 5.74) is 2.89. The molecule has 0 heterocycles. The fourth-order valence-corrected chi connectivity index (χ4v) is 2.78. The van der Waals surface area contributed by atoms with Crippen LogP contribution in [0.25, 0.3) is 0 Å². The van der Waals surface area contributed by atoms with E-state index in [2.05, 4.69) is 10.6 Å². The second-order valence-electron chi connectivity index (χ2n) is 6.72. The lowest BCUT2D eigenvalue weighted by Crippen LogP contribution is -2.45. The number of ether oxygens (including phenoxy) is 1. The zero-order chi connectivity index (χ0) is 20.5. The van der Waals surface area contributed by atoms with E-state index in [0.29, 0.717) is 6.54 Å². The van der Waals surface area contributed by atoms with Gasteiger partial charge in [0.25, 0.3) is 0 Å². The fourth-order valence-electron chi connectivity index (χ4n) is 2.78.